The van der Waals surface area contributed by atoms with E-state index < -0.39 is 5.97 Å². The van der Waals surface area contributed by atoms with E-state index in [1.54, 1.807) is 29.2 Å². The van der Waals surface area contributed by atoms with Gasteiger partial charge in [0.05, 0.1) is 12.3 Å². The van der Waals surface area contributed by atoms with Crippen LogP contribution in [0.1, 0.15) is 23.1 Å². The molecule has 0 aliphatic carbocycles. The molecule has 2 N–H and O–H groups in total. The van der Waals surface area contributed by atoms with Crippen LogP contribution in [0.4, 0.5) is 5.69 Å². The lowest BCUT2D eigenvalue weighted by molar-refractivity contribution is -0.136. The van der Waals surface area contributed by atoms with E-state index in [0.717, 1.165) is 11.1 Å². The molecule has 140 valence electrons. The summed E-state index contributed by atoms with van der Waals surface area (Å²) in [7, 11) is 0. The topological polar surface area (TPSA) is 86.7 Å². The number of carbonyl (C=O) groups is 3. The second kappa shape index (κ2) is 8.03. The maximum absolute atomic E-state index is 12.5. The van der Waals surface area contributed by atoms with Gasteiger partial charge >= 0.3 is 5.97 Å². The Kier molecular flexibility index (Phi) is 5.54. The number of aliphatic carboxylic acids is 1. The first-order valence-corrected chi connectivity index (χ1v) is 8.85. The molecule has 3 rings (SSSR count). The molecule has 0 spiro atoms. The van der Waals surface area contributed by atoms with Gasteiger partial charge in [0.25, 0.3) is 0 Å². The number of amides is 2. The molecule has 6 nitrogen and oxygen atoms in total. The summed E-state index contributed by atoms with van der Waals surface area (Å²) < 4.78 is 0. The van der Waals surface area contributed by atoms with Gasteiger partial charge in [-0.2, -0.15) is 0 Å². The first kappa shape index (κ1) is 18.6. The Morgan fingerprint density at radius 3 is 2.33 bits per heavy atom. The number of aryl methyl sites for hydroxylation is 1. The Morgan fingerprint density at radius 2 is 1.70 bits per heavy atom. The summed E-state index contributed by atoms with van der Waals surface area (Å²) in [6, 6.07) is 14.7. The monoisotopic (exact) mass is 366 g/mol. The van der Waals surface area contributed by atoms with Crippen molar-refractivity contribution in [3.63, 3.8) is 0 Å². The Hall–Kier alpha value is -3.15. The van der Waals surface area contributed by atoms with E-state index in [0.29, 0.717) is 24.3 Å². The van der Waals surface area contributed by atoms with Crippen molar-refractivity contribution >= 4 is 23.5 Å². The summed E-state index contributed by atoms with van der Waals surface area (Å²) in [6.45, 7) is 2.92. The molecule has 1 aliphatic heterocycles. The van der Waals surface area contributed by atoms with Gasteiger partial charge in [0.2, 0.25) is 11.8 Å². The number of nitrogens with zero attached hydrogens (tertiary/aromatic N) is 1. The number of carboxylic acid groups (broad SMARTS) is 1. The predicted molar refractivity (Wildman–Crippen MR) is 101 cm³/mol. The van der Waals surface area contributed by atoms with Gasteiger partial charge in [-0.25, -0.2) is 0 Å². The molecule has 27 heavy (non-hydrogen) atoms. The Morgan fingerprint density at radius 1 is 1.07 bits per heavy atom. The number of likely N-dealkylation sites (tertiary alicyclic amines) is 1. The van der Waals surface area contributed by atoms with Crippen LogP contribution in [-0.4, -0.2) is 34.3 Å². The van der Waals surface area contributed by atoms with E-state index in [1.165, 1.54) is 0 Å². The molecule has 1 saturated heterocycles. The number of carbonyl (C=O) groups excluding carboxylic acids is 2. The number of carboxylic acids is 1. The smallest absolute Gasteiger partial charge is 0.307 e. The first-order valence-electron chi connectivity index (χ1n) is 8.85. The second-order valence-electron chi connectivity index (χ2n) is 6.92. The van der Waals surface area contributed by atoms with Crippen LogP contribution >= 0.6 is 0 Å². The van der Waals surface area contributed by atoms with Gasteiger partial charge in [-0.15, -0.1) is 0 Å². The lowest BCUT2D eigenvalue weighted by atomic mass is 10.1. The average Bonchev–Trinajstić information content (AvgIpc) is 2.99. The van der Waals surface area contributed by atoms with Crippen molar-refractivity contribution in [2.24, 2.45) is 5.92 Å². The minimum absolute atomic E-state index is 0.0208. The van der Waals surface area contributed by atoms with Crippen molar-refractivity contribution in [2.45, 2.75) is 26.3 Å². The molecule has 2 aromatic carbocycles. The molecule has 1 aliphatic rings. The maximum Gasteiger partial charge on any atom is 0.307 e. The summed E-state index contributed by atoms with van der Waals surface area (Å²) in [5.74, 6) is -1.50. The van der Waals surface area contributed by atoms with Crippen LogP contribution in [-0.2, 0) is 27.3 Å². The van der Waals surface area contributed by atoms with Gasteiger partial charge in [-0.1, -0.05) is 42.0 Å². The third-order valence-corrected chi connectivity index (χ3v) is 4.66. The fraction of sp³-hybridized carbons (Fsp3) is 0.286. The summed E-state index contributed by atoms with van der Waals surface area (Å²) in [6.07, 6.45) is 0.147. The van der Waals surface area contributed by atoms with Crippen molar-refractivity contribution in [1.29, 1.82) is 0 Å². The van der Waals surface area contributed by atoms with Gasteiger partial charge in [0.15, 0.2) is 0 Å². The molecule has 0 bridgehead atoms. The third kappa shape index (κ3) is 4.94. The third-order valence-electron chi connectivity index (χ3n) is 4.66. The van der Waals surface area contributed by atoms with E-state index in [4.69, 9.17) is 5.11 Å². The first-order chi connectivity index (χ1) is 12.9. The minimum Gasteiger partial charge on any atom is -0.481 e. The highest BCUT2D eigenvalue weighted by atomic mass is 16.4. The van der Waals surface area contributed by atoms with Crippen LogP contribution in [0, 0.1) is 12.8 Å². The van der Waals surface area contributed by atoms with Crippen molar-refractivity contribution < 1.29 is 19.5 Å². The molecule has 0 aromatic heterocycles. The maximum atomic E-state index is 12.5. The van der Waals surface area contributed by atoms with Crippen LogP contribution in [0.5, 0.6) is 0 Å². The fourth-order valence-electron chi connectivity index (χ4n) is 3.14. The highest BCUT2D eigenvalue weighted by Crippen LogP contribution is 2.22. The molecular weight excluding hydrogens is 344 g/mol. The largest absolute Gasteiger partial charge is 0.481 e. The van der Waals surface area contributed by atoms with Gasteiger partial charge < -0.3 is 15.3 Å². The summed E-state index contributed by atoms with van der Waals surface area (Å²) >= 11 is 0. The lowest BCUT2D eigenvalue weighted by Gasteiger charge is -2.17. The van der Waals surface area contributed by atoms with E-state index in [2.05, 4.69) is 5.32 Å². The zero-order valence-corrected chi connectivity index (χ0v) is 15.1. The van der Waals surface area contributed by atoms with Crippen molar-refractivity contribution in [2.75, 3.05) is 11.9 Å². The summed E-state index contributed by atoms with van der Waals surface area (Å²) in [5, 5.41) is 11.6. The standard InChI is InChI=1S/C21H22N2O4/c1-14-2-4-16(5-3-14)12-23-13-17(11-19(23)24)21(27)22-18-8-6-15(7-9-18)10-20(25)26/h2-9,17H,10-13H2,1H3,(H,22,27)(H,25,26). The van der Waals surface area contributed by atoms with Gasteiger partial charge in [-0.05, 0) is 30.2 Å². The normalized spacial score (nSPS) is 16.4. The van der Waals surface area contributed by atoms with Gasteiger partial charge in [0.1, 0.15) is 0 Å². The molecule has 2 amide bonds. The van der Waals surface area contributed by atoms with E-state index in [9.17, 15) is 14.4 Å². The van der Waals surface area contributed by atoms with Crippen LogP contribution < -0.4 is 5.32 Å². The fourth-order valence-corrected chi connectivity index (χ4v) is 3.14. The Bertz CT molecular complexity index is 843. The number of benzene rings is 2. The molecule has 1 heterocycles. The molecular formula is C21H22N2O4. The lowest BCUT2D eigenvalue weighted by Crippen LogP contribution is -2.28. The summed E-state index contributed by atoms with van der Waals surface area (Å²) in [5.41, 5.74) is 3.47. The van der Waals surface area contributed by atoms with E-state index >= 15 is 0 Å². The molecule has 6 heteroatoms. The highest BCUT2D eigenvalue weighted by Gasteiger charge is 2.34. The summed E-state index contributed by atoms with van der Waals surface area (Å²) in [4.78, 5) is 37.2. The quantitative estimate of drug-likeness (QED) is 0.823. The van der Waals surface area contributed by atoms with E-state index in [-0.39, 0.29) is 30.6 Å². The predicted octanol–water partition coefficient (Wildman–Crippen LogP) is 2.61. The van der Waals surface area contributed by atoms with Crippen LogP contribution in [0.15, 0.2) is 48.5 Å². The Balaban J connectivity index is 1.57. The van der Waals surface area contributed by atoms with Gasteiger partial charge in [0, 0.05) is 25.2 Å². The molecule has 1 unspecified atom stereocenters. The molecule has 0 radical (unpaired) electrons. The number of rotatable bonds is 6. The minimum atomic E-state index is -0.898. The molecule has 2 aromatic rings. The van der Waals surface area contributed by atoms with Crippen LogP contribution in [0.3, 0.4) is 0 Å². The van der Waals surface area contributed by atoms with Gasteiger partial charge in [-0.3, -0.25) is 14.4 Å². The zero-order chi connectivity index (χ0) is 19.4. The molecule has 1 fully saturated rings. The average molecular weight is 366 g/mol. The number of nitrogens with one attached hydrogen (secondary N) is 1. The van der Waals surface area contributed by atoms with Crippen LogP contribution in [0.2, 0.25) is 0 Å². The highest BCUT2D eigenvalue weighted by molar-refractivity contribution is 5.97. The number of anilines is 1. The van der Waals surface area contributed by atoms with Crippen molar-refractivity contribution in [1.82, 2.24) is 4.90 Å². The zero-order valence-electron chi connectivity index (χ0n) is 15.1. The molecule has 1 atom stereocenters. The molecule has 0 saturated carbocycles. The SMILES string of the molecule is Cc1ccc(CN2CC(C(=O)Nc3ccc(CC(=O)O)cc3)CC2=O)cc1. The van der Waals surface area contributed by atoms with Crippen molar-refractivity contribution in [3.05, 3.63) is 65.2 Å². The Labute approximate surface area is 157 Å². The van der Waals surface area contributed by atoms with E-state index in [1.807, 2.05) is 31.2 Å². The van der Waals surface area contributed by atoms with Crippen molar-refractivity contribution in [3.8, 4) is 0 Å². The second-order valence-corrected chi connectivity index (χ2v) is 6.92. The number of hydrogen-bond donors (Lipinski definition) is 2. The van der Waals surface area contributed by atoms with Crippen LogP contribution in [0.25, 0.3) is 0 Å². The number of hydrogen-bond acceptors (Lipinski definition) is 3.